The number of carbonyl (C=O) groups is 1. The van der Waals surface area contributed by atoms with Crippen LogP contribution in [0.1, 0.15) is 17.3 Å². The van der Waals surface area contributed by atoms with Crippen molar-refractivity contribution in [1.82, 2.24) is 15.1 Å². The second-order valence-electron chi connectivity index (χ2n) is 2.26. The van der Waals surface area contributed by atoms with Gasteiger partial charge in [0.1, 0.15) is 0 Å². The molecule has 0 saturated heterocycles. The number of carbonyl (C=O) groups excluding carboxylic acids is 1. The third-order valence-corrected chi connectivity index (χ3v) is 1.30. The Balaban J connectivity index is 2.69. The average Bonchev–Trinajstić information content (AvgIpc) is 2.36. The average molecular weight is 153 g/mol. The van der Waals surface area contributed by atoms with Gasteiger partial charge in [0.05, 0.1) is 11.8 Å². The van der Waals surface area contributed by atoms with Crippen LogP contribution in [0, 0.1) is 0 Å². The molecule has 0 aliphatic carbocycles. The van der Waals surface area contributed by atoms with Gasteiger partial charge >= 0.3 is 0 Å². The van der Waals surface area contributed by atoms with Gasteiger partial charge in [0.15, 0.2) is 0 Å². The number of hydrogen-bond donors (Lipinski definition) is 1. The summed E-state index contributed by atoms with van der Waals surface area (Å²) in [6.07, 6.45) is 3.23. The highest BCUT2D eigenvalue weighted by molar-refractivity contribution is 5.93. The van der Waals surface area contributed by atoms with E-state index in [2.05, 4.69) is 10.4 Å². The minimum absolute atomic E-state index is 0.0689. The molecule has 1 N–H and O–H groups in total. The van der Waals surface area contributed by atoms with E-state index in [1.54, 1.807) is 24.1 Å². The Bertz CT molecular complexity index is 254. The summed E-state index contributed by atoms with van der Waals surface area (Å²) in [6, 6.07) is 0. The minimum Gasteiger partial charge on any atom is -0.352 e. The van der Waals surface area contributed by atoms with Gasteiger partial charge in [-0.25, -0.2) is 0 Å². The highest BCUT2D eigenvalue weighted by Crippen LogP contribution is 1.94. The topological polar surface area (TPSA) is 46.9 Å². The second kappa shape index (κ2) is 3.18. The number of rotatable bonds is 2. The summed E-state index contributed by atoms with van der Waals surface area (Å²) >= 11 is 0. The van der Waals surface area contributed by atoms with Crippen molar-refractivity contribution in [2.24, 2.45) is 7.05 Å². The molecule has 1 rings (SSSR count). The van der Waals surface area contributed by atoms with E-state index in [0.29, 0.717) is 12.1 Å². The van der Waals surface area contributed by atoms with Crippen molar-refractivity contribution < 1.29 is 4.79 Å². The van der Waals surface area contributed by atoms with E-state index < -0.39 is 0 Å². The first-order valence-corrected chi connectivity index (χ1v) is 3.51. The molecule has 0 fully saturated rings. The minimum atomic E-state index is -0.0689. The third kappa shape index (κ3) is 1.80. The van der Waals surface area contributed by atoms with Gasteiger partial charge in [-0.05, 0) is 6.92 Å². The highest BCUT2D eigenvalue weighted by atomic mass is 16.1. The molecule has 0 aliphatic rings. The van der Waals surface area contributed by atoms with Gasteiger partial charge in [-0.3, -0.25) is 9.48 Å². The molecule has 0 atom stereocenters. The van der Waals surface area contributed by atoms with Crippen LogP contribution in [0.3, 0.4) is 0 Å². The van der Waals surface area contributed by atoms with E-state index in [1.807, 2.05) is 6.92 Å². The maximum atomic E-state index is 11.1. The lowest BCUT2D eigenvalue weighted by atomic mass is 10.3. The first-order valence-electron chi connectivity index (χ1n) is 3.51. The van der Waals surface area contributed by atoms with Crippen molar-refractivity contribution in [1.29, 1.82) is 0 Å². The zero-order chi connectivity index (χ0) is 8.27. The van der Waals surface area contributed by atoms with Crippen LogP contribution in [0.2, 0.25) is 0 Å². The quantitative estimate of drug-likeness (QED) is 0.658. The molecule has 1 heterocycles. The molecule has 0 saturated carbocycles. The van der Waals surface area contributed by atoms with E-state index in [1.165, 1.54) is 0 Å². The molecule has 0 spiro atoms. The monoisotopic (exact) mass is 153 g/mol. The van der Waals surface area contributed by atoms with E-state index in [0.717, 1.165) is 0 Å². The van der Waals surface area contributed by atoms with Gasteiger partial charge in [-0.15, -0.1) is 0 Å². The van der Waals surface area contributed by atoms with Gasteiger partial charge < -0.3 is 5.32 Å². The van der Waals surface area contributed by atoms with Crippen molar-refractivity contribution in [3.05, 3.63) is 18.0 Å². The van der Waals surface area contributed by atoms with Crippen molar-refractivity contribution in [2.75, 3.05) is 6.54 Å². The van der Waals surface area contributed by atoms with Crippen molar-refractivity contribution in [3.8, 4) is 0 Å². The summed E-state index contributed by atoms with van der Waals surface area (Å²) in [5.41, 5.74) is 0.606. The van der Waals surface area contributed by atoms with Crippen LogP contribution in [0.25, 0.3) is 0 Å². The van der Waals surface area contributed by atoms with Crippen LogP contribution in [0.5, 0.6) is 0 Å². The predicted molar refractivity (Wildman–Crippen MR) is 41.2 cm³/mol. The van der Waals surface area contributed by atoms with Gasteiger partial charge in [0.2, 0.25) is 0 Å². The van der Waals surface area contributed by atoms with Crippen LogP contribution >= 0.6 is 0 Å². The summed E-state index contributed by atoms with van der Waals surface area (Å²) < 4.78 is 1.60. The Labute approximate surface area is 65.2 Å². The van der Waals surface area contributed by atoms with Crippen LogP contribution in [-0.2, 0) is 7.05 Å². The molecule has 1 amide bonds. The van der Waals surface area contributed by atoms with Gasteiger partial charge in [-0.2, -0.15) is 5.10 Å². The van der Waals surface area contributed by atoms with Crippen LogP contribution in [0.15, 0.2) is 12.4 Å². The smallest absolute Gasteiger partial charge is 0.254 e. The Hall–Kier alpha value is -1.32. The van der Waals surface area contributed by atoms with E-state index in [-0.39, 0.29) is 5.91 Å². The van der Waals surface area contributed by atoms with Crippen molar-refractivity contribution >= 4 is 5.91 Å². The molecule has 0 radical (unpaired) electrons. The number of hydrogen-bond acceptors (Lipinski definition) is 2. The summed E-state index contributed by atoms with van der Waals surface area (Å²) in [6.45, 7) is 2.53. The maximum Gasteiger partial charge on any atom is 0.254 e. The summed E-state index contributed by atoms with van der Waals surface area (Å²) in [5, 5.41) is 6.56. The molecule has 4 nitrogen and oxygen atoms in total. The Morgan fingerprint density at radius 2 is 2.55 bits per heavy atom. The first kappa shape index (κ1) is 7.78. The SMILES string of the molecule is CCNC(=O)c1cnn(C)c1. The van der Waals surface area contributed by atoms with Crippen molar-refractivity contribution in [3.63, 3.8) is 0 Å². The first-order chi connectivity index (χ1) is 5.24. The van der Waals surface area contributed by atoms with Crippen molar-refractivity contribution in [2.45, 2.75) is 6.92 Å². The Morgan fingerprint density at radius 1 is 1.82 bits per heavy atom. The largest absolute Gasteiger partial charge is 0.352 e. The van der Waals surface area contributed by atoms with Gasteiger partial charge in [-0.1, -0.05) is 0 Å². The fraction of sp³-hybridized carbons (Fsp3) is 0.429. The molecule has 11 heavy (non-hydrogen) atoms. The molecule has 60 valence electrons. The molecule has 0 unspecified atom stereocenters. The summed E-state index contributed by atoms with van der Waals surface area (Å²) in [5.74, 6) is -0.0689. The lowest BCUT2D eigenvalue weighted by Crippen LogP contribution is -2.22. The van der Waals surface area contributed by atoms with E-state index in [4.69, 9.17) is 0 Å². The predicted octanol–water partition coefficient (Wildman–Crippen LogP) is 0.170. The van der Waals surface area contributed by atoms with Crippen LogP contribution in [0.4, 0.5) is 0 Å². The molecule has 4 heteroatoms. The summed E-state index contributed by atoms with van der Waals surface area (Å²) in [4.78, 5) is 11.1. The van der Waals surface area contributed by atoms with Gasteiger partial charge in [0, 0.05) is 19.8 Å². The molecule has 0 aromatic carbocycles. The molecule has 0 aliphatic heterocycles. The Morgan fingerprint density at radius 3 is 3.00 bits per heavy atom. The third-order valence-electron chi connectivity index (χ3n) is 1.30. The Kier molecular flexibility index (Phi) is 2.25. The molecule has 0 bridgehead atoms. The molecular formula is C7H11N3O. The normalized spacial score (nSPS) is 9.64. The lowest BCUT2D eigenvalue weighted by Gasteiger charge is -1.95. The number of nitrogens with zero attached hydrogens (tertiary/aromatic N) is 2. The van der Waals surface area contributed by atoms with Crippen LogP contribution < -0.4 is 5.32 Å². The van der Waals surface area contributed by atoms with E-state index >= 15 is 0 Å². The molecule has 1 aromatic heterocycles. The fourth-order valence-electron chi connectivity index (χ4n) is 0.801. The zero-order valence-corrected chi connectivity index (χ0v) is 6.66. The van der Waals surface area contributed by atoms with Gasteiger partial charge in [0.25, 0.3) is 5.91 Å². The number of aryl methyl sites for hydroxylation is 1. The molecule has 1 aromatic rings. The number of nitrogens with one attached hydrogen (secondary N) is 1. The van der Waals surface area contributed by atoms with Crippen LogP contribution in [-0.4, -0.2) is 22.2 Å². The molecular weight excluding hydrogens is 142 g/mol. The highest BCUT2D eigenvalue weighted by Gasteiger charge is 2.04. The zero-order valence-electron chi connectivity index (χ0n) is 6.66. The van der Waals surface area contributed by atoms with E-state index in [9.17, 15) is 4.79 Å². The number of amides is 1. The number of aromatic nitrogens is 2. The second-order valence-corrected chi connectivity index (χ2v) is 2.26. The fourth-order valence-corrected chi connectivity index (χ4v) is 0.801. The summed E-state index contributed by atoms with van der Waals surface area (Å²) in [7, 11) is 1.78. The maximum absolute atomic E-state index is 11.1. The lowest BCUT2D eigenvalue weighted by molar-refractivity contribution is 0.0956. The standard InChI is InChI=1S/C7H11N3O/c1-3-8-7(11)6-4-9-10(2)5-6/h4-5H,3H2,1-2H3,(H,8,11).